The highest BCUT2D eigenvalue weighted by atomic mass is 16.4. The number of hydrogen-bond donors (Lipinski definition) is 1. The first-order valence-corrected chi connectivity index (χ1v) is 3.86. The fraction of sp³-hybridized carbons (Fsp3) is 0. The number of oxazole rings is 1. The number of nitrogens with two attached hydrogens (primary N) is 1. The van der Waals surface area contributed by atoms with Crippen LogP contribution < -0.4 is 5.73 Å². The molecule has 0 saturated heterocycles. The first-order valence-electron chi connectivity index (χ1n) is 3.86. The summed E-state index contributed by atoms with van der Waals surface area (Å²) in [5.74, 6) is -0.878. The molecule has 5 nitrogen and oxygen atoms in total. The molecule has 1 amide bonds. The molecule has 1 heterocycles. The van der Waals surface area contributed by atoms with Crippen molar-refractivity contribution in [1.82, 2.24) is 4.98 Å². The van der Waals surface area contributed by atoms with Gasteiger partial charge >= 0.3 is 5.91 Å². The lowest BCUT2D eigenvalue weighted by molar-refractivity contribution is 0.0969. The van der Waals surface area contributed by atoms with Gasteiger partial charge in [0.1, 0.15) is 11.8 Å². The van der Waals surface area contributed by atoms with Gasteiger partial charge in [-0.3, -0.25) is 9.59 Å². The normalized spacial score (nSPS) is 10.3. The van der Waals surface area contributed by atoms with Crippen LogP contribution >= 0.6 is 0 Å². The lowest BCUT2D eigenvalue weighted by atomic mass is 10.2. The third kappa shape index (κ3) is 1.24. The maximum atomic E-state index is 10.7. The Balaban J connectivity index is 2.65. The van der Waals surface area contributed by atoms with Crippen LogP contribution in [0.5, 0.6) is 0 Å². The molecule has 0 saturated carbocycles. The van der Waals surface area contributed by atoms with E-state index < -0.39 is 5.91 Å². The number of fused-ring (bicyclic) bond motifs is 1. The van der Waals surface area contributed by atoms with Crippen LogP contribution in [0.4, 0.5) is 0 Å². The molecule has 2 aromatic rings. The van der Waals surface area contributed by atoms with E-state index in [1.165, 1.54) is 6.07 Å². The number of aromatic nitrogens is 1. The van der Waals surface area contributed by atoms with Crippen LogP contribution in [0.25, 0.3) is 11.1 Å². The first-order chi connectivity index (χ1) is 6.70. The minimum Gasteiger partial charge on any atom is -0.432 e. The zero-order chi connectivity index (χ0) is 10.1. The number of benzene rings is 1. The number of amides is 1. The fourth-order valence-electron chi connectivity index (χ4n) is 1.12. The van der Waals surface area contributed by atoms with E-state index in [4.69, 9.17) is 10.2 Å². The molecule has 0 spiro atoms. The van der Waals surface area contributed by atoms with Gasteiger partial charge in [0.05, 0.1) is 0 Å². The molecular weight excluding hydrogens is 184 g/mol. The molecule has 0 radical (unpaired) electrons. The summed E-state index contributed by atoms with van der Waals surface area (Å²) in [5.41, 5.74) is 6.33. The first kappa shape index (κ1) is 8.43. The maximum absolute atomic E-state index is 10.7. The van der Waals surface area contributed by atoms with Gasteiger partial charge in [-0.05, 0) is 18.2 Å². The lowest BCUT2D eigenvalue weighted by Gasteiger charge is -1.87. The van der Waals surface area contributed by atoms with E-state index in [-0.39, 0.29) is 5.89 Å². The lowest BCUT2D eigenvalue weighted by Crippen LogP contribution is -2.10. The molecule has 0 aliphatic carbocycles. The average Bonchev–Trinajstić information content (AvgIpc) is 2.59. The summed E-state index contributed by atoms with van der Waals surface area (Å²) >= 11 is 0. The summed E-state index contributed by atoms with van der Waals surface area (Å²) in [6, 6.07) is 4.68. The van der Waals surface area contributed by atoms with Crippen molar-refractivity contribution < 1.29 is 14.0 Å². The van der Waals surface area contributed by atoms with Crippen molar-refractivity contribution in [2.45, 2.75) is 0 Å². The predicted molar refractivity (Wildman–Crippen MR) is 47.9 cm³/mol. The van der Waals surface area contributed by atoms with Crippen molar-refractivity contribution in [3.8, 4) is 0 Å². The molecule has 1 aromatic heterocycles. The van der Waals surface area contributed by atoms with Gasteiger partial charge in [0, 0.05) is 5.56 Å². The van der Waals surface area contributed by atoms with Gasteiger partial charge in [0.15, 0.2) is 5.58 Å². The van der Waals surface area contributed by atoms with Crippen molar-refractivity contribution in [2.75, 3.05) is 0 Å². The van der Waals surface area contributed by atoms with Crippen LogP contribution in [0.3, 0.4) is 0 Å². The highest BCUT2D eigenvalue weighted by Gasteiger charge is 2.10. The van der Waals surface area contributed by atoms with Gasteiger partial charge in [0.2, 0.25) is 0 Å². The summed E-state index contributed by atoms with van der Waals surface area (Å²) in [5, 5.41) is 0. The Morgan fingerprint density at radius 1 is 1.50 bits per heavy atom. The van der Waals surface area contributed by atoms with Crippen LogP contribution in [0, 0.1) is 0 Å². The minimum atomic E-state index is -0.728. The second kappa shape index (κ2) is 2.95. The van der Waals surface area contributed by atoms with Crippen molar-refractivity contribution in [3.05, 3.63) is 29.7 Å². The zero-order valence-electron chi connectivity index (χ0n) is 7.06. The van der Waals surface area contributed by atoms with Gasteiger partial charge in [-0.1, -0.05) is 0 Å². The molecule has 0 atom stereocenters. The number of rotatable bonds is 2. The van der Waals surface area contributed by atoms with Gasteiger partial charge in [0.25, 0.3) is 5.89 Å². The van der Waals surface area contributed by atoms with Crippen LogP contribution in [0.15, 0.2) is 22.6 Å². The van der Waals surface area contributed by atoms with Crippen molar-refractivity contribution in [1.29, 1.82) is 0 Å². The topological polar surface area (TPSA) is 86.2 Å². The van der Waals surface area contributed by atoms with Crippen LogP contribution in [-0.2, 0) is 0 Å². The Morgan fingerprint density at radius 2 is 2.29 bits per heavy atom. The second-order valence-corrected chi connectivity index (χ2v) is 2.73. The second-order valence-electron chi connectivity index (χ2n) is 2.73. The number of aldehydes is 1. The van der Waals surface area contributed by atoms with E-state index in [0.717, 1.165) is 0 Å². The zero-order valence-corrected chi connectivity index (χ0v) is 7.06. The SMILES string of the molecule is NC(=O)c1nc2ccc(C=O)cc2o1. The van der Waals surface area contributed by atoms with E-state index in [2.05, 4.69) is 4.98 Å². The van der Waals surface area contributed by atoms with E-state index in [0.29, 0.717) is 22.9 Å². The highest BCUT2D eigenvalue weighted by molar-refractivity contribution is 5.92. The highest BCUT2D eigenvalue weighted by Crippen LogP contribution is 2.16. The van der Waals surface area contributed by atoms with E-state index in [9.17, 15) is 9.59 Å². The number of nitrogens with zero attached hydrogens (tertiary/aromatic N) is 1. The predicted octanol–water partition coefficient (Wildman–Crippen LogP) is 0.739. The van der Waals surface area contributed by atoms with E-state index >= 15 is 0 Å². The van der Waals surface area contributed by atoms with Gasteiger partial charge in [-0.2, -0.15) is 0 Å². The Kier molecular flexibility index (Phi) is 1.78. The molecule has 0 bridgehead atoms. The number of carbonyl (C=O) groups excluding carboxylic acids is 2. The molecular formula is C9H6N2O3. The molecule has 5 heteroatoms. The molecule has 0 aliphatic rings. The third-order valence-electron chi connectivity index (χ3n) is 1.76. The maximum Gasteiger partial charge on any atom is 0.304 e. The van der Waals surface area contributed by atoms with Gasteiger partial charge in [-0.25, -0.2) is 4.98 Å². The standard InChI is InChI=1S/C9H6N2O3/c10-8(13)9-11-6-2-1-5(4-12)3-7(6)14-9/h1-4H,(H2,10,13). The van der Waals surface area contributed by atoms with E-state index in [1.807, 2.05) is 0 Å². The quantitative estimate of drug-likeness (QED) is 0.707. The largest absolute Gasteiger partial charge is 0.432 e. The van der Waals surface area contributed by atoms with Crippen molar-refractivity contribution in [2.24, 2.45) is 5.73 Å². The van der Waals surface area contributed by atoms with Crippen LogP contribution in [0.2, 0.25) is 0 Å². The summed E-state index contributed by atoms with van der Waals surface area (Å²) in [7, 11) is 0. The fourth-order valence-corrected chi connectivity index (χ4v) is 1.12. The smallest absolute Gasteiger partial charge is 0.304 e. The molecule has 0 unspecified atom stereocenters. The third-order valence-corrected chi connectivity index (χ3v) is 1.76. The van der Waals surface area contributed by atoms with Gasteiger partial charge in [-0.15, -0.1) is 0 Å². The Hall–Kier alpha value is -2.17. The minimum absolute atomic E-state index is 0.150. The molecule has 0 fully saturated rings. The number of hydrogen-bond acceptors (Lipinski definition) is 4. The Bertz CT molecular complexity index is 516. The summed E-state index contributed by atoms with van der Waals surface area (Å²) in [6.07, 6.45) is 0.686. The molecule has 2 N–H and O–H groups in total. The average molecular weight is 190 g/mol. The molecule has 0 aliphatic heterocycles. The van der Waals surface area contributed by atoms with E-state index in [1.54, 1.807) is 12.1 Å². The summed E-state index contributed by atoms with van der Waals surface area (Å²) < 4.78 is 5.03. The van der Waals surface area contributed by atoms with Crippen molar-refractivity contribution in [3.63, 3.8) is 0 Å². The molecule has 2 rings (SSSR count). The molecule has 1 aromatic carbocycles. The van der Waals surface area contributed by atoms with Gasteiger partial charge < -0.3 is 10.2 Å². The molecule has 14 heavy (non-hydrogen) atoms. The summed E-state index contributed by atoms with van der Waals surface area (Å²) in [6.45, 7) is 0. The molecule has 70 valence electrons. The van der Waals surface area contributed by atoms with Crippen LogP contribution in [0.1, 0.15) is 21.0 Å². The monoisotopic (exact) mass is 190 g/mol. The summed E-state index contributed by atoms with van der Waals surface area (Å²) in [4.78, 5) is 25.0. The number of primary amides is 1. The Morgan fingerprint density at radius 3 is 2.93 bits per heavy atom. The van der Waals surface area contributed by atoms with Crippen LogP contribution in [-0.4, -0.2) is 17.2 Å². The Labute approximate surface area is 78.5 Å². The van der Waals surface area contributed by atoms with Crippen molar-refractivity contribution >= 4 is 23.3 Å². The number of carbonyl (C=O) groups is 2.